The van der Waals surface area contributed by atoms with Gasteiger partial charge in [0.15, 0.2) is 15.0 Å². The maximum atomic E-state index is 13.5. The fourth-order valence-corrected chi connectivity index (χ4v) is 7.06. The molecule has 174 valence electrons. The molecule has 0 N–H and O–H groups in total. The summed E-state index contributed by atoms with van der Waals surface area (Å²) in [5, 5.41) is 0.383. The lowest BCUT2D eigenvalue weighted by Crippen LogP contribution is -2.42. The van der Waals surface area contributed by atoms with E-state index in [1.54, 1.807) is 36.7 Å². The summed E-state index contributed by atoms with van der Waals surface area (Å²) in [7, 11) is -1.45. The standard InChI is InChI=1S/C24H27N3O4S2/c1-15-11-16(2)13-19(12-15)27-23(29)20-7-5-6-8-21(20)25-24(27)32-17(3)22(28)26(4)18-9-10-33(30,31)14-18/h5-8,11-13,17-18H,9-10,14H2,1-4H3. The van der Waals surface area contributed by atoms with Crippen LogP contribution in [0.25, 0.3) is 16.6 Å². The lowest BCUT2D eigenvalue weighted by Gasteiger charge is -2.26. The maximum Gasteiger partial charge on any atom is 0.266 e. The molecular weight excluding hydrogens is 458 g/mol. The Hall–Kier alpha value is -2.65. The highest BCUT2D eigenvalue weighted by Crippen LogP contribution is 2.28. The molecule has 2 heterocycles. The van der Waals surface area contributed by atoms with Crippen LogP contribution in [-0.2, 0) is 14.6 Å². The normalized spacial score (nSPS) is 18.4. The number of aromatic nitrogens is 2. The molecule has 4 rings (SSSR count). The summed E-state index contributed by atoms with van der Waals surface area (Å²) in [5.74, 6) is -0.0832. The molecule has 0 aliphatic carbocycles. The van der Waals surface area contributed by atoms with Crippen LogP contribution in [0.2, 0.25) is 0 Å². The van der Waals surface area contributed by atoms with Gasteiger partial charge in [-0.3, -0.25) is 14.2 Å². The van der Waals surface area contributed by atoms with E-state index in [2.05, 4.69) is 0 Å². The molecule has 1 aliphatic rings. The average molecular weight is 486 g/mol. The van der Waals surface area contributed by atoms with Crippen molar-refractivity contribution in [1.29, 1.82) is 0 Å². The number of aryl methyl sites for hydroxylation is 2. The van der Waals surface area contributed by atoms with Gasteiger partial charge in [-0.15, -0.1) is 0 Å². The summed E-state index contributed by atoms with van der Waals surface area (Å²) < 4.78 is 25.3. The van der Waals surface area contributed by atoms with E-state index in [0.29, 0.717) is 28.2 Å². The van der Waals surface area contributed by atoms with Gasteiger partial charge < -0.3 is 4.90 Å². The van der Waals surface area contributed by atoms with Gasteiger partial charge in [-0.1, -0.05) is 30.0 Å². The predicted octanol–water partition coefficient (Wildman–Crippen LogP) is 3.13. The van der Waals surface area contributed by atoms with Gasteiger partial charge in [-0.2, -0.15) is 0 Å². The van der Waals surface area contributed by atoms with Gasteiger partial charge in [0, 0.05) is 13.1 Å². The summed E-state index contributed by atoms with van der Waals surface area (Å²) in [5.41, 5.74) is 3.12. The van der Waals surface area contributed by atoms with Crippen molar-refractivity contribution in [3.8, 4) is 5.69 Å². The van der Waals surface area contributed by atoms with Crippen LogP contribution in [-0.4, -0.2) is 58.6 Å². The molecule has 33 heavy (non-hydrogen) atoms. The number of nitrogens with zero attached hydrogens (tertiary/aromatic N) is 3. The second kappa shape index (κ2) is 8.95. The third kappa shape index (κ3) is 4.84. The van der Waals surface area contributed by atoms with E-state index in [1.165, 1.54) is 16.7 Å². The summed E-state index contributed by atoms with van der Waals surface area (Å²) >= 11 is 1.21. The second-order valence-electron chi connectivity index (χ2n) is 8.66. The molecule has 0 radical (unpaired) electrons. The van der Waals surface area contributed by atoms with Crippen LogP contribution < -0.4 is 5.56 Å². The van der Waals surface area contributed by atoms with Crippen molar-refractivity contribution in [1.82, 2.24) is 14.5 Å². The predicted molar refractivity (Wildman–Crippen MR) is 132 cm³/mol. The Morgan fingerprint density at radius 1 is 1.18 bits per heavy atom. The topological polar surface area (TPSA) is 89.3 Å². The fourth-order valence-electron chi connectivity index (χ4n) is 4.25. The molecule has 1 aliphatic heterocycles. The van der Waals surface area contributed by atoms with Crippen LogP contribution in [0.1, 0.15) is 24.5 Å². The third-order valence-corrected chi connectivity index (χ3v) is 8.73. The maximum absolute atomic E-state index is 13.5. The Morgan fingerprint density at radius 2 is 1.85 bits per heavy atom. The molecule has 3 aromatic rings. The fraction of sp³-hybridized carbons (Fsp3) is 0.375. The molecule has 0 spiro atoms. The highest BCUT2D eigenvalue weighted by Gasteiger charge is 2.34. The van der Waals surface area contributed by atoms with Gasteiger partial charge in [0.1, 0.15) is 0 Å². The number of sulfone groups is 1. The number of amides is 1. The number of hydrogen-bond acceptors (Lipinski definition) is 6. The van der Waals surface area contributed by atoms with Gasteiger partial charge in [0.05, 0.1) is 33.3 Å². The zero-order chi connectivity index (χ0) is 23.9. The summed E-state index contributed by atoms with van der Waals surface area (Å²) in [6.45, 7) is 5.71. The largest absolute Gasteiger partial charge is 0.341 e. The van der Waals surface area contributed by atoms with Crippen molar-refractivity contribution >= 4 is 38.4 Å². The van der Waals surface area contributed by atoms with Crippen molar-refractivity contribution in [2.75, 3.05) is 18.6 Å². The summed E-state index contributed by atoms with van der Waals surface area (Å²) in [4.78, 5) is 32.9. The van der Waals surface area contributed by atoms with E-state index >= 15 is 0 Å². The Bertz CT molecular complexity index is 1380. The molecule has 9 heteroatoms. The van der Waals surface area contributed by atoms with Gasteiger partial charge >= 0.3 is 0 Å². The first-order valence-electron chi connectivity index (χ1n) is 10.8. The quantitative estimate of drug-likeness (QED) is 0.408. The Balaban J connectivity index is 1.73. The molecule has 1 saturated heterocycles. The number of para-hydroxylation sites is 1. The summed E-state index contributed by atoms with van der Waals surface area (Å²) in [6, 6.07) is 12.7. The smallest absolute Gasteiger partial charge is 0.266 e. The van der Waals surface area contributed by atoms with E-state index in [4.69, 9.17) is 4.98 Å². The number of rotatable bonds is 5. The van der Waals surface area contributed by atoms with Crippen LogP contribution in [0, 0.1) is 13.8 Å². The lowest BCUT2D eigenvalue weighted by molar-refractivity contribution is -0.130. The minimum Gasteiger partial charge on any atom is -0.341 e. The first kappa shape index (κ1) is 23.5. The first-order valence-corrected chi connectivity index (χ1v) is 13.5. The minimum atomic E-state index is -3.10. The van der Waals surface area contributed by atoms with Crippen LogP contribution in [0.4, 0.5) is 0 Å². The molecule has 2 aromatic carbocycles. The molecule has 0 bridgehead atoms. The van der Waals surface area contributed by atoms with Gasteiger partial charge in [-0.05, 0) is 62.6 Å². The van der Waals surface area contributed by atoms with Crippen LogP contribution in [0.5, 0.6) is 0 Å². The highest BCUT2D eigenvalue weighted by atomic mass is 32.2. The van der Waals surface area contributed by atoms with Crippen molar-refractivity contribution in [3.05, 3.63) is 63.9 Å². The molecule has 1 fully saturated rings. The van der Waals surface area contributed by atoms with E-state index in [-0.39, 0.29) is 29.0 Å². The van der Waals surface area contributed by atoms with E-state index in [1.807, 2.05) is 38.1 Å². The van der Waals surface area contributed by atoms with Gasteiger partial charge in [0.2, 0.25) is 5.91 Å². The van der Waals surface area contributed by atoms with Crippen molar-refractivity contribution in [3.63, 3.8) is 0 Å². The number of fused-ring (bicyclic) bond motifs is 1. The molecule has 2 atom stereocenters. The van der Waals surface area contributed by atoms with Crippen molar-refractivity contribution in [2.24, 2.45) is 0 Å². The van der Waals surface area contributed by atoms with E-state index in [9.17, 15) is 18.0 Å². The molecule has 0 saturated carbocycles. The monoisotopic (exact) mass is 485 g/mol. The van der Waals surface area contributed by atoms with Crippen molar-refractivity contribution in [2.45, 2.75) is 43.6 Å². The van der Waals surface area contributed by atoms with Crippen LogP contribution in [0.3, 0.4) is 0 Å². The first-order chi connectivity index (χ1) is 15.6. The number of hydrogen-bond donors (Lipinski definition) is 0. The minimum absolute atomic E-state index is 0.00582. The number of carbonyl (C=O) groups excluding carboxylic acids is 1. The van der Waals surface area contributed by atoms with E-state index < -0.39 is 15.1 Å². The Labute approximate surface area is 197 Å². The summed E-state index contributed by atoms with van der Waals surface area (Å²) in [6.07, 6.45) is 0.448. The zero-order valence-corrected chi connectivity index (χ0v) is 20.7. The average Bonchev–Trinajstić information content (AvgIpc) is 3.11. The second-order valence-corrected chi connectivity index (χ2v) is 12.2. The molecule has 1 aromatic heterocycles. The van der Waals surface area contributed by atoms with Crippen LogP contribution >= 0.6 is 11.8 Å². The third-order valence-electron chi connectivity index (χ3n) is 5.94. The zero-order valence-electron chi connectivity index (χ0n) is 19.1. The molecular formula is C24H27N3O4S2. The SMILES string of the molecule is Cc1cc(C)cc(-n2c(SC(C)C(=O)N(C)C3CCS(=O)(=O)C3)nc3ccccc3c2=O)c1. The Morgan fingerprint density at radius 3 is 2.48 bits per heavy atom. The van der Waals surface area contributed by atoms with Crippen molar-refractivity contribution < 1.29 is 13.2 Å². The van der Waals surface area contributed by atoms with Crippen LogP contribution in [0.15, 0.2) is 52.4 Å². The highest BCUT2D eigenvalue weighted by molar-refractivity contribution is 8.00. The number of benzene rings is 2. The van der Waals surface area contributed by atoms with Gasteiger partial charge in [-0.25, -0.2) is 13.4 Å². The molecule has 1 amide bonds. The Kier molecular flexibility index (Phi) is 6.37. The molecule has 7 nitrogen and oxygen atoms in total. The lowest BCUT2D eigenvalue weighted by atomic mass is 10.1. The molecule has 2 unspecified atom stereocenters. The number of thioether (sulfide) groups is 1. The van der Waals surface area contributed by atoms with Gasteiger partial charge in [0.25, 0.3) is 5.56 Å². The number of carbonyl (C=O) groups is 1. The van der Waals surface area contributed by atoms with E-state index in [0.717, 1.165) is 11.1 Å².